The van der Waals surface area contributed by atoms with Crippen molar-refractivity contribution in [3.63, 3.8) is 0 Å². The predicted octanol–water partition coefficient (Wildman–Crippen LogP) is 1.28. The largest absolute Gasteiger partial charge is 0.338 e. The number of aryl methyl sites for hydroxylation is 2. The molecule has 27 heavy (non-hydrogen) atoms. The minimum absolute atomic E-state index is 0.0941. The number of nitrogens with zero attached hydrogens (tertiary/aromatic N) is 5. The van der Waals surface area contributed by atoms with E-state index in [2.05, 4.69) is 21.9 Å². The van der Waals surface area contributed by atoms with Crippen LogP contribution in [0.2, 0.25) is 0 Å². The Balaban J connectivity index is 1.41. The van der Waals surface area contributed by atoms with Gasteiger partial charge in [-0.2, -0.15) is 5.10 Å². The van der Waals surface area contributed by atoms with Gasteiger partial charge in [-0.3, -0.25) is 14.3 Å². The summed E-state index contributed by atoms with van der Waals surface area (Å²) in [5.41, 5.74) is 1.70. The van der Waals surface area contributed by atoms with Crippen molar-refractivity contribution in [1.82, 2.24) is 24.5 Å². The van der Waals surface area contributed by atoms with Gasteiger partial charge >= 0.3 is 0 Å². The van der Waals surface area contributed by atoms with E-state index >= 15 is 0 Å². The Labute approximate surface area is 161 Å². The predicted molar refractivity (Wildman–Crippen MR) is 102 cm³/mol. The number of amides is 2. The van der Waals surface area contributed by atoms with Crippen LogP contribution in [-0.2, 0) is 11.8 Å². The van der Waals surface area contributed by atoms with Crippen LogP contribution in [0.5, 0.6) is 0 Å². The van der Waals surface area contributed by atoms with Crippen LogP contribution in [0.3, 0.4) is 0 Å². The minimum Gasteiger partial charge on any atom is -0.338 e. The maximum Gasteiger partial charge on any atom is 0.257 e. The van der Waals surface area contributed by atoms with Crippen molar-refractivity contribution in [2.45, 2.75) is 45.1 Å². The van der Waals surface area contributed by atoms with Gasteiger partial charge in [-0.1, -0.05) is 0 Å². The van der Waals surface area contributed by atoms with Crippen molar-refractivity contribution in [3.05, 3.63) is 17.5 Å². The lowest BCUT2D eigenvalue weighted by molar-refractivity contribution is -0.141. The van der Waals surface area contributed by atoms with E-state index in [0.29, 0.717) is 23.9 Å². The highest BCUT2D eigenvalue weighted by atomic mass is 16.2. The lowest BCUT2D eigenvalue weighted by Crippen LogP contribution is -2.55. The van der Waals surface area contributed by atoms with Gasteiger partial charge < -0.3 is 14.7 Å². The van der Waals surface area contributed by atoms with Crippen LogP contribution >= 0.6 is 0 Å². The molecular formula is C20H31N5O2. The Morgan fingerprint density at radius 3 is 2.52 bits per heavy atom. The topological polar surface area (TPSA) is 61.7 Å². The van der Waals surface area contributed by atoms with E-state index in [0.717, 1.165) is 64.1 Å². The summed E-state index contributed by atoms with van der Waals surface area (Å²) < 4.78 is 1.71. The van der Waals surface area contributed by atoms with E-state index in [1.54, 1.807) is 4.68 Å². The van der Waals surface area contributed by atoms with E-state index in [-0.39, 0.29) is 11.3 Å². The molecule has 0 unspecified atom stereocenters. The van der Waals surface area contributed by atoms with E-state index in [9.17, 15) is 9.59 Å². The van der Waals surface area contributed by atoms with Crippen molar-refractivity contribution in [2.24, 2.45) is 12.5 Å². The van der Waals surface area contributed by atoms with E-state index < -0.39 is 0 Å². The molecule has 1 aromatic heterocycles. The number of likely N-dealkylation sites (N-methyl/N-ethyl adjacent to an activating group) is 1. The van der Waals surface area contributed by atoms with Crippen molar-refractivity contribution < 1.29 is 9.59 Å². The highest BCUT2D eigenvalue weighted by Crippen LogP contribution is 2.41. The Hall–Kier alpha value is -1.89. The summed E-state index contributed by atoms with van der Waals surface area (Å²) in [5, 5.41) is 4.30. The number of likely N-dealkylation sites (tertiary alicyclic amines) is 3. The van der Waals surface area contributed by atoms with E-state index in [1.807, 2.05) is 25.1 Å². The number of hydrogen-bond acceptors (Lipinski definition) is 4. The van der Waals surface area contributed by atoms with Gasteiger partial charge in [-0.15, -0.1) is 0 Å². The third kappa shape index (κ3) is 3.49. The molecular weight excluding hydrogens is 342 g/mol. The van der Waals surface area contributed by atoms with E-state index in [1.165, 1.54) is 0 Å². The summed E-state index contributed by atoms with van der Waals surface area (Å²) in [7, 11) is 3.98. The lowest BCUT2D eigenvalue weighted by Gasteiger charge is -2.49. The Bertz CT molecular complexity index is 735. The van der Waals surface area contributed by atoms with Gasteiger partial charge in [0.1, 0.15) is 0 Å². The van der Waals surface area contributed by atoms with Crippen molar-refractivity contribution in [3.8, 4) is 0 Å². The summed E-state index contributed by atoms with van der Waals surface area (Å²) >= 11 is 0. The second-order valence-electron chi connectivity index (χ2n) is 8.82. The third-order valence-electron chi connectivity index (χ3n) is 6.86. The van der Waals surface area contributed by atoms with Crippen molar-refractivity contribution in [2.75, 3.05) is 39.8 Å². The molecule has 2 amide bonds. The van der Waals surface area contributed by atoms with Gasteiger partial charge in [0.05, 0.1) is 11.3 Å². The second-order valence-corrected chi connectivity index (χ2v) is 8.82. The molecule has 3 saturated heterocycles. The van der Waals surface area contributed by atoms with Gasteiger partial charge in [0.15, 0.2) is 0 Å². The number of carbonyl (C=O) groups is 2. The summed E-state index contributed by atoms with van der Waals surface area (Å²) in [5.74, 6) is 0.419. The molecule has 148 valence electrons. The van der Waals surface area contributed by atoms with Crippen molar-refractivity contribution >= 4 is 11.8 Å². The lowest BCUT2D eigenvalue weighted by atomic mass is 9.72. The molecule has 1 spiro atoms. The van der Waals surface area contributed by atoms with Crippen LogP contribution in [0, 0.1) is 12.3 Å². The molecule has 4 rings (SSSR count). The number of carbonyl (C=O) groups excluding carboxylic acids is 2. The van der Waals surface area contributed by atoms with Gasteiger partial charge in [-0.25, -0.2) is 0 Å². The summed E-state index contributed by atoms with van der Waals surface area (Å²) in [6, 6.07) is 0.373. The molecule has 0 N–H and O–H groups in total. The van der Waals surface area contributed by atoms with Crippen LogP contribution in [0.25, 0.3) is 0 Å². The molecule has 0 bridgehead atoms. The molecule has 1 aromatic rings. The number of hydrogen-bond donors (Lipinski definition) is 0. The summed E-state index contributed by atoms with van der Waals surface area (Å²) in [6.45, 7) is 6.39. The first kappa shape index (κ1) is 18.5. The molecule has 0 aromatic carbocycles. The molecule has 0 saturated carbocycles. The van der Waals surface area contributed by atoms with Crippen LogP contribution < -0.4 is 0 Å². The standard InChI is InChI=1S/C20H31N5O2/c1-15-17(13-23(3)21-15)19(27)24-10-7-20(8-11-24)6-4-18(26)25(14-20)16-5-9-22(2)12-16/h13,16H,4-12,14H2,1-3H3/t16-/m1/s1. The zero-order valence-electron chi connectivity index (χ0n) is 16.8. The molecule has 1 atom stereocenters. The van der Waals surface area contributed by atoms with Gasteiger partial charge in [0.25, 0.3) is 5.91 Å². The normalized spacial score (nSPS) is 26.2. The smallest absolute Gasteiger partial charge is 0.257 e. The first-order valence-corrected chi connectivity index (χ1v) is 10.1. The zero-order chi connectivity index (χ0) is 19.2. The average molecular weight is 374 g/mol. The summed E-state index contributed by atoms with van der Waals surface area (Å²) in [6.07, 6.45) is 6.52. The van der Waals surface area contributed by atoms with Gasteiger partial charge in [0, 0.05) is 51.9 Å². The molecule has 4 heterocycles. The SMILES string of the molecule is Cc1nn(C)cc1C(=O)N1CCC2(CCC(=O)N([C@@H]3CCN(C)C3)C2)CC1. The molecule has 0 aliphatic carbocycles. The third-order valence-corrected chi connectivity index (χ3v) is 6.86. The second kappa shape index (κ2) is 6.93. The monoisotopic (exact) mass is 373 g/mol. The molecule has 3 aliphatic heterocycles. The Morgan fingerprint density at radius 1 is 1.19 bits per heavy atom. The minimum atomic E-state index is 0.0941. The van der Waals surface area contributed by atoms with Crippen LogP contribution in [0.15, 0.2) is 6.20 Å². The van der Waals surface area contributed by atoms with Crippen LogP contribution in [0.4, 0.5) is 0 Å². The number of piperidine rings is 2. The molecule has 0 radical (unpaired) electrons. The number of aromatic nitrogens is 2. The Morgan fingerprint density at radius 2 is 1.93 bits per heavy atom. The quantitative estimate of drug-likeness (QED) is 0.783. The fourth-order valence-corrected chi connectivity index (χ4v) is 5.12. The van der Waals surface area contributed by atoms with Crippen LogP contribution in [0.1, 0.15) is 48.2 Å². The van der Waals surface area contributed by atoms with Crippen molar-refractivity contribution in [1.29, 1.82) is 0 Å². The van der Waals surface area contributed by atoms with Crippen LogP contribution in [-0.4, -0.2) is 82.1 Å². The van der Waals surface area contributed by atoms with E-state index in [4.69, 9.17) is 0 Å². The average Bonchev–Trinajstić information content (AvgIpc) is 3.22. The first-order chi connectivity index (χ1) is 12.9. The molecule has 3 aliphatic rings. The maximum atomic E-state index is 12.9. The van der Waals surface area contributed by atoms with Gasteiger partial charge in [-0.05, 0) is 51.6 Å². The summed E-state index contributed by atoms with van der Waals surface area (Å²) in [4.78, 5) is 31.9. The molecule has 7 nitrogen and oxygen atoms in total. The Kier molecular flexibility index (Phi) is 4.74. The fourth-order valence-electron chi connectivity index (χ4n) is 5.12. The molecule has 3 fully saturated rings. The highest BCUT2D eigenvalue weighted by molar-refractivity contribution is 5.95. The highest BCUT2D eigenvalue weighted by Gasteiger charge is 2.44. The van der Waals surface area contributed by atoms with Gasteiger partial charge in [0.2, 0.25) is 5.91 Å². The first-order valence-electron chi connectivity index (χ1n) is 10.1. The fraction of sp³-hybridized carbons (Fsp3) is 0.750. The zero-order valence-corrected chi connectivity index (χ0v) is 16.8. The molecule has 7 heteroatoms. The number of rotatable bonds is 2. The maximum absolute atomic E-state index is 12.9.